The van der Waals surface area contributed by atoms with Crippen molar-refractivity contribution in [2.75, 3.05) is 13.3 Å². The molecule has 0 spiro atoms. The summed E-state index contributed by atoms with van der Waals surface area (Å²) in [6, 6.07) is 0. The highest BCUT2D eigenvalue weighted by atomic mass is 19.1. The second-order valence-corrected chi connectivity index (χ2v) is 6.18. The summed E-state index contributed by atoms with van der Waals surface area (Å²) in [6.07, 6.45) is 3.39. The molecule has 2 aliphatic rings. The van der Waals surface area contributed by atoms with Crippen LogP contribution in [-0.2, 0) is 4.74 Å². The Balaban J connectivity index is 1.56. The Bertz CT molecular complexity index is 289. The molecule has 0 aromatic rings. The summed E-state index contributed by atoms with van der Waals surface area (Å²) in [5, 5.41) is 29.4. The maximum Gasteiger partial charge on any atom is 0.109 e. The van der Waals surface area contributed by atoms with Gasteiger partial charge in [0.05, 0.1) is 18.9 Å². The number of aliphatic hydroxyl groups excluding tert-OH is 3. The molecule has 0 aliphatic heterocycles. The minimum Gasteiger partial charge on any atom is -0.390 e. The molecule has 2 saturated carbocycles. The molecule has 3 N–H and O–H groups in total. The van der Waals surface area contributed by atoms with Crippen LogP contribution in [0.2, 0.25) is 0 Å². The van der Waals surface area contributed by atoms with E-state index in [1.165, 1.54) is 0 Å². The molecule has 0 unspecified atom stereocenters. The van der Waals surface area contributed by atoms with Crippen molar-refractivity contribution < 1.29 is 24.4 Å². The Labute approximate surface area is 119 Å². The summed E-state index contributed by atoms with van der Waals surface area (Å²) in [5.74, 6) is 0.298. The van der Waals surface area contributed by atoms with E-state index < -0.39 is 18.3 Å². The number of fused-ring (bicyclic) bond motifs is 1. The zero-order valence-electron chi connectivity index (χ0n) is 12.0. The highest BCUT2D eigenvalue weighted by molar-refractivity contribution is 5.07. The number of hydrogen-bond donors (Lipinski definition) is 3. The third-order valence-corrected chi connectivity index (χ3v) is 4.63. The van der Waals surface area contributed by atoms with E-state index in [1.54, 1.807) is 0 Å². The number of hydrogen-bond acceptors (Lipinski definition) is 4. The number of alkyl halides is 1. The van der Waals surface area contributed by atoms with Gasteiger partial charge in [0.2, 0.25) is 0 Å². The first-order valence-electron chi connectivity index (χ1n) is 7.88. The predicted molar refractivity (Wildman–Crippen MR) is 73.0 cm³/mol. The van der Waals surface area contributed by atoms with Crippen molar-refractivity contribution in [1.82, 2.24) is 0 Å². The van der Waals surface area contributed by atoms with E-state index in [2.05, 4.69) is 0 Å². The van der Waals surface area contributed by atoms with Crippen LogP contribution in [0, 0.1) is 11.8 Å². The molecule has 2 fully saturated rings. The highest BCUT2D eigenvalue weighted by Crippen LogP contribution is 2.50. The standard InChI is InChI=1S/C15H27FO4/c16-7-5-3-1-2-4-6-8-20-15-11-9-10(11)12(17)13(18)14(15)19/h10-15,17-19H,1-9H2/t10-,11+,12-,13+,14-,15-/m0/s1. The minimum absolute atomic E-state index is 0.0964. The van der Waals surface area contributed by atoms with Gasteiger partial charge in [-0.1, -0.05) is 25.7 Å². The van der Waals surface area contributed by atoms with Gasteiger partial charge < -0.3 is 20.1 Å². The third-order valence-electron chi connectivity index (χ3n) is 4.63. The van der Waals surface area contributed by atoms with Gasteiger partial charge in [-0.25, -0.2) is 0 Å². The van der Waals surface area contributed by atoms with E-state index in [-0.39, 0.29) is 24.6 Å². The summed E-state index contributed by atoms with van der Waals surface area (Å²) >= 11 is 0. The first-order valence-corrected chi connectivity index (χ1v) is 7.88. The molecule has 0 radical (unpaired) electrons. The summed E-state index contributed by atoms with van der Waals surface area (Å²) in [7, 11) is 0. The average Bonchev–Trinajstić information content (AvgIpc) is 3.23. The van der Waals surface area contributed by atoms with E-state index in [9.17, 15) is 19.7 Å². The second-order valence-electron chi connectivity index (χ2n) is 6.18. The average molecular weight is 290 g/mol. The van der Waals surface area contributed by atoms with E-state index in [1.807, 2.05) is 0 Å². The zero-order chi connectivity index (χ0) is 14.5. The molecule has 118 valence electrons. The van der Waals surface area contributed by atoms with Gasteiger partial charge in [-0.3, -0.25) is 4.39 Å². The van der Waals surface area contributed by atoms with Gasteiger partial charge >= 0.3 is 0 Å². The van der Waals surface area contributed by atoms with Crippen molar-refractivity contribution >= 4 is 0 Å². The van der Waals surface area contributed by atoms with Crippen LogP contribution >= 0.6 is 0 Å². The van der Waals surface area contributed by atoms with Gasteiger partial charge in [-0.15, -0.1) is 0 Å². The van der Waals surface area contributed by atoms with Crippen molar-refractivity contribution in [1.29, 1.82) is 0 Å². The molecule has 0 amide bonds. The van der Waals surface area contributed by atoms with E-state index in [4.69, 9.17) is 4.74 Å². The molecule has 6 atom stereocenters. The van der Waals surface area contributed by atoms with Gasteiger partial charge in [0, 0.05) is 6.61 Å². The molecule has 0 saturated heterocycles. The molecule has 4 nitrogen and oxygen atoms in total. The van der Waals surface area contributed by atoms with Crippen LogP contribution in [0.3, 0.4) is 0 Å². The third kappa shape index (κ3) is 3.91. The summed E-state index contributed by atoms with van der Waals surface area (Å²) in [6.45, 7) is 0.357. The van der Waals surface area contributed by atoms with Gasteiger partial charge in [0.1, 0.15) is 12.2 Å². The molecule has 20 heavy (non-hydrogen) atoms. The molecular weight excluding hydrogens is 263 g/mol. The van der Waals surface area contributed by atoms with Gasteiger partial charge in [0.15, 0.2) is 0 Å². The maximum absolute atomic E-state index is 11.9. The molecule has 0 bridgehead atoms. The molecule has 2 rings (SSSR count). The summed E-state index contributed by atoms with van der Waals surface area (Å²) in [5.41, 5.74) is 0. The Morgan fingerprint density at radius 3 is 2.15 bits per heavy atom. The minimum atomic E-state index is -1.08. The van der Waals surface area contributed by atoms with E-state index >= 15 is 0 Å². The lowest BCUT2D eigenvalue weighted by Gasteiger charge is -2.34. The molecule has 2 aliphatic carbocycles. The zero-order valence-corrected chi connectivity index (χ0v) is 12.0. The fraction of sp³-hybridized carbons (Fsp3) is 1.00. The van der Waals surface area contributed by atoms with Crippen LogP contribution in [0.4, 0.5) is 4.39 Å². The molecule has 0 aromatic heterocycles. The number of unbranched alkanes of at least 4 members (excludes halogenated alkanes) is 5. The highest BCUT2D eigenvalue weighted by Gasteiger charge is 2.58. The van der Waals surface area contributed by atoms with Crippen molar-refractivity contribution in [3.05, 3.63) is 0 Å². The van der Waals surface area contributed by atoms with Crippen molar-refractivity contribution in [2.24, 2.45) is 11.8 Å². The van der Waals surface area contributed by atoms with Crippen LogP contribution in [0.1, 0.15) is 44.9 Å². The Kier molecular flexibility index (Phi) is 6.20. The van der Waals surface area contributed by atoms with Crippen LogP contribution in [-0.4, -0.2) is 53.0 Å². The number of halogens is 1. The fourth-order valence-electron chi connectivity index (χ4n) is 3.25. The van der Waals surface area contributed by atoms with Crippen LogP contribution in [0.15, 0.2) is 0 Å². The van der Waals surface area contributed by atoms with Crippen molar-refractivity contribution in [2.45, 2.75) is 69.4 Å². The lowest BCUT2D eigenvalue weighted by molar-refractivity contribution is -0.158. The first-order chi connectivity index (χ1) is 9.66. The second kappa shape index (κ2) is 7.69. The maximum atomic E-state index is 11.9. The number of rotatable bonds is 9. The van der Waals surface area contributed by atoms with Gasteiger partial charge in [-0.2, -0.15) is 0 Å². The normalized spacial score (nSPS) is 39.6. The smallest absolute Gasteiger partial charge is 0.109 e. The van der Waals surface area contributed by atoms with Crippen molar-refractivity contribution in [3.63, 3.8) is 0 Å². The Morgan fingerprint density at radius 2 is 1.45 bits per heavy atom. The topological polar surface area (TPSA) is 69.9 Å². The molecule has 5 heteroatoms. The SMILES string of the molecule is O[C@@H]1[C@@H](O)[C@H]2C[C@H]2[C@H](OCCCCCCCCF)[C@H]1O. The summed E-state index contributed by atoms with van der Waals surface area (Å²) in [4.78, 5) is 0. The largest absolute Gasteiger partial charge is 0.390 e. The monoisotopic (exact) mass is 290 g/mol. The van der Waals surface area contributed by atoms with Crippen LogP contribution in [0.5, 0.6) is 0 Å². The Hall–Kier alpha value is -0.230. The summed E-state index contributed by atoms with van der Waals surface area (Å²) < 4.78 is 17.6. The quantitative estimate of drug-likeness (QED) is 0.562. The Morgan fingerprint density at radius 1 is 0.800 bits per heavy atom. The number of aliphatic hydroxyl groups is 3. The van der Waals surface area contributed by atoms with Crippen LogP contribution in [0.25, 0.3) is 0 Å². The molecule has 0 aromatic carbocycles. The molecular formula is C15H27FO4. The lowest BCUT2D eigenvalue weighted by Crippen LogP contribution is -2.51. The number of ether oxygens (including phenoxy) is 1. The molecule has 0 heterocycles. The van der Waals surface area contributed by atoms with Crippen molar-refractivity contribution in [3.8, 4) is 0 Å². The lowest BCUT2D eigenvalue weighted by atomic mass is 9.89. The first kappa shape index (κ1) is 16.1. The van der Waals surface area contributed by atoms with Gasteiger partial charge in [0.25, 0.3) is 0 Å². The van der Waals surface area contributed by atoms with Gasteiger partial charge in [-0.05, 0) is 31.1 Å². The van der Waals surface area contributed by atoms with Crippen LogP contribution < -0.4 is 0 Å². The van der Waals surface area contributed by atoms with E-state index in [0.717, 1.165) is 38.5 Å². The predicted octanol–water partition coefficient (Wildman–Crippen LogP) is 1.41. The fourth-order valence-corrected chi connectivity index (χ4v) is 3.25. The van der Waals surface area contributed by atoms with E-state index in [0.29, 0.717) is 13.0 Å².